The lowest BCUT2D eigenvalue weighted by Crippen LogP contribution is -2.35. The first-order valence-electron chi connectivity index (χ1n) is 12.5. The Labute approximate surface area is 243 Å². The molecule has 1 fully saturated rings. The van der Waals surface area contributed by atoms with Crippen LogP contribution in [0.15, 0.2) is 60.8 Å². The second-order valence-electron chi connectivity index (χ2n) is 9.42. The Hall–Kier alpha value is -5.02. The molecule has 0 radical (unpaired) electrons. The fraction of sp³-hybridized carbons (Fsp3) is 0.179. The van der Waals surface area contributed by atoms with Gasteiger partial charge in [0, 0.05) is 35.5 Å². The number of anilines is 2. The largest absolute Gasteiger partial charge is 0.493 e. The normalized spacial score (nSPS) is 13.6. The summed E-state index contributed by atoms with van der Waals surface area (Å²) < 4.78 is 80.6. The van der Waals surface area contributed by atoms with E-state index in [4.69, 9.17) is 18.8 Å². The molecule has 3 N–H and O–H groups in total. The van der Waals surface area contributed by atoms with Gasteiger partial charge < -0.3 is 29.0 Å². The molecule has 1 aliphatic carbocycles. The molecule has 1 aliphatic rings. The van der Waals surface area contributed by atoms with Crippen LogP contribution in [-0.4, -0.2) is 44.0 Å². The van der Waals surface area contributed by atoms with Crippen LogP contribution in [0.5, 0.6) is 28.7 Å². The summed E-state index contributed by atoms with van der Waals surface area (Å²) in [7, 11) is -2.07. The van der Waals surface area contributed by atoms with Gasteiger partial charge in [-0.15, -0.1) is 0 Å². The van der Waals surface area contributed by atoms with Crippen LogP contribution >= 0.6 is 0 Å². The highest BCUT2D eigenvalue weighted by atomic mass is 32.3. The van der Waals surface area contributed by atoms with Crippen molar-refractivity contribution in [2.45, 2.75) is 12.8 Å². The van der Waals surface area contributed by atoms with Gasteiger partial charge in [-0.25, -0.2) is 8.78 Å². The molecule has 3 aromatic carbocycles. The number of nitrogens with one attached hydrogen (secondary N) is 2. The van der Waals surface area contributed by atoms with Gasteiger partial charge in [-0.3, -0.25) is 19.1 Å². The quantitative estimate of drug-likeness (QED) is 0.166. The number of amides is 2. The van der Waals surface area contributed by atoms with Crippen molar-refractivity contribution in [2.24, 2.45) is 5.41 Å². The molecule has 1 heterocycles. The van der Waals surface area contributed by atoms with Gasteiger partial charge in [0.15, 0.2) is 28.8 Å². The maximum Gasteiger partial charge on any atom is 0.446 e. The second-order valence-corrected chi connectivity index (χ2v) is 10.4. The van der Waals surface area contributed by atoms with Crippen molar-refractivity contribution in [2.75, 3.05) is 24.9 Å². The Kier molecular flexibility index (Phi) is 7.77. The highest BCUT2D eigenvalue weighted by Gasteiger charge is 2.56. The van der Waals surface area contributed by atoms with Gasteiger partial charge in [0.25, 0.3) is 0 Å². The minimum absolute atomic E-state index is 0.0390. The van der Waals surface area contributed by atoms with Gasteiger partial charge in [0.2, 0.25) is 11.8 Å². The Morgan fingerprint density at radius 2 is 1.56 bits per heavy atom. The van der Waals surface area contributed by atoms with Crippen LogP contribution in [0, 0.1) is 17.0 Å². The molecule has 1 saturated carbocycles. The summed E-state index contributed by atoms with van der Waals surface area (Å²) in [4.78, 5) is 30.3. The lowest BCUT2D eigenvalue weighted by atomic mass is 10.0. The minimum atomic E-state index is -5.03. The third kappa shape index (κ3) is 6.27. The van der Waals surface area contributed by atoms with Crippen LogP contribution in [-0.2, 0) is 20.0 Å². The maximum absolute atomic E-state index is 15.1. The number of ether oxygens (including phenoxy) is 3. The van der Waals surface area contributed by atoms with Gasteiger partial charge >= 0.3 is 10.4 Å². The zero-order chi connectivity index (χ0) is 30.9. The predicted molar refractivity (Wildman–Crippen MR) is 149 cm³/mol. The highest BCUT2D eigenvalue weighted by Crippen LogP contribution is 2.48. The molecule has 1 aromatic heterocycles. The number of hydrogen-bond donors (Lipinski definition) is 3. The third-order valence-electron chi connectivity index (χ3n) is 6.62. The van der Waals surface area contributed by atoms with E-state index in [9.17, 15) is 22.4 Å². The summed E-state index contributed by atoms with van der Waals surface area (Å²) >= 11 is 0. The fourth-order valence-electron chi connectivity index (χ4n) is 4.27. The van der Waals surface area contributed by atoms with Gasteiger partial charge in [-0.2, -0.15) is 8.42 Å². The summed E-state index contributed by atoms with van der Waals surface area (Å²) in [5.41, 5.74) is -1.30. The number of rotatable bonds is 10. The first-order chi connectivity index (χ1) is 20.4. The van der Waals surface area contributed by atoms with Gasteiger partial charge in [0.1, 0.15) is 17.0 Å². The molecule has 43 heavy (non-hydrogen) atoms. The Balaban J connectivity index is 1.31. The molecule has 12 nitrogen and oxygen atoms in total. The van der Waals surface area contributed by atoms with Gasteiger partial charge in [-0.1, -0.05) is 0 Å². The van der Waals surface area contributed by atoms with Crippen LogP contribution in [0.25, 0.3) is 10.9 Å². The number of benzene rings is 3. The summed E-state index contributed by atoms with van der Waals surface area (Å²) in [6, 6.07) is 11.1. The molecule has 4 aromatic rings. The molecular formula is C28H23F2N3O9S. The van der Waals surface area contributed by atoms with Crippen molar-refractivity contribution in [3.05, 3.63) is 72.4 Å². The van der Waals surface area contributed by atoms with E-state index in [1.807, 2.05) is 0 Å². The van der Waals surface area contributed by atoms with Crippen molar-refractivity contribution in [3.63, 3.8) is 0 Å². The maximum atomic E-state index is 15.1. The number of fused-ring (bicyclic) bond motifs is 1. The minimum Gasteiger partial charge on any atom is -0.493 e. The molecular weight excluding hydrogens is 592 g/mol. The molecule has 0 atom stereocenters. The molecule has 2 amide bonds. The second kappa shape index (κ2) is 11.3. The zero-order valence-corrected chi connectivity index (χ0v) is 23.3. The zero-order valence-electron chi connectivity index (χ0n) is 22.5. The molecule has 0 bridgehead atoms. The summed E-state index contributed by atoms with van der Waals surface area (Å²) in [5, 5.41) is 5.36. The molecule has 15 heteroatoms. The number of pyridine rings is 1. The van der Waals surface area contributed by atoms with Crippen molar-refractivity contribution in [1.29, 1.82) is 0 Å². The van der Waals surface area contributed by atoms with Crippen LogP contribution in [0.2, 0.25) is 0 Å². The lowest BCUT2D eigenvalue weighted by Gasteiger charge is -2.17. The Morgan fingerprint density at radius 3 is 2.21 bits per heavy atom. The van der Waals surface area contributed by atoms with E-state index in [1.54, 1.807) is 18.2 Å². The van der Waals surface area contributed by atoms with E-state index in [0.717, 1.165) is 18.2 Å². The van der Waals surface area contributed by atoms with Crippen molar-refractivity contribution < 1.29 is 49.7 Å². The van der Waals surface area contributed by atoms with Crippen LogP contribution in [0.4, 0.5) is 20.2 Å². The number of nitrogens with zero attached hydrogens (tertiary/aromatic N) is 1. The number of carbonyl (C=O) groups is 2. The molecule has 0 unspecified atom stereocenters. The van der Waals surface area contributed by atoms with Gasteiger partial charge in [-0.05, 0) is 49.2 Å². The van der Waals surface area contributed by atoms with E-state index < -0.39 is 45.0 Å². The van der Waals surface area contributed by atoms with E-state index in [-0.39, 0.29) is 35.7 Å². The highest BCUT2D eigenvalue weighted by molar-refractivity contribution is 7.81. The van der Waals surface area contributed by atoms with Crippen LogP contribution in [0.1, 0.15) is 12.8 Å². The smallest absolute Gasteiger partial charge is 0.446 e. The van der Waals surface area contributed by atoms with Crippen molar-refractivity contribution >= 4 is 44.5 Å². The van der Waals surface area contributed by atoms with Crippen LogP contribution < -0.4 is 29.0 Å². The van der Waals surface area contributed by atoms with Crippen molar-refractivity contribution in [1.82, 2.24) is 4.98 Å². The number of aromatic nitrogens is 1. The van der Waals surface area contributed by atoms with Crippen LogP contribution in [0.3, 0.4) is 0 Å². The van der Waals surface area contributed by atoms with E-state index in [0.29, 0.717) is 28.5 Å². The standard InChI is InChI=1S/C28H23F2N3O9S/c1-39-24-13-17-20(14-25(24)40-2)31-10-7-21(17)41-22-6-4-16(12-18(22)30)32-26(34)28(8-9-28)27(35)33-19-5-3-15(29)11-23(19)42-43(36,37)38/h3-7,10-14H,8-9H2,1-2H3,(H,32,34)(H,33,35)(H,36,37,38). The molecule has 0 saturated heterocycles. The average Bonchev–Trinajstić information content (AvgIpc) is 3.77. The number of carbonyl (C=O) groups excluding carboxylic acids is 2. The Morgan fingerprint density at radius 1 is 0.860 bits per heavy atom. The first kappa shape index (κ1) is 29.5. The molecule has 0 aliphatic heterocycles. The Bertz CT molecular complexity index is 1860. The topological polar surface area (TPSA) is 162 Å². The first-order valence-corrected chi connectivity index (χ1v) is 13.9. The lowest BCUT2D eigenvalue weighted by molar-refractivity contribution is -0.131. The SMILES string of the molecule is COc1cc2nccc(Oc3ccc(NC(=O)C4(C(=O)Nc5ccc(F)cc5OS(=O)(=O)O)CC4)cc3F)c2cc1OC. The van der Waals surface area contributed by atoms with E-state index in [2.05, 4.69) is 19.8 Å². The average molecular weight is 616 g/mol. The van der Waals surface area contributed by atoms with E-state index in [1.165, 1.54) is 32.5 Å². The van der Waals surface area contributed by atoms with Crippen molar-refractivity contribution in [3.8, 4) is 28.7 Å². The third-order valence-corrected chi connectivity index (χ3v) is 7.01. The summed E-state index contributed by atoms with van der Waals surface area (Å²) in [6.07, 6.45) is 1.75. The number of halogens is 2. The number of hydrogen-bond acceptors (Lipinski definition) is 9. The fourth-order valence-corrected chi connectivity index (χ4v) is 4.64. The monoisotopic (exact) mass is 615 g/mol. The summed E-state index contributed by atoms with van der Waals surface area (Å²) in [6.45, 7) is 0. The van der Waals surface area contributed by atoms with E-state index >= 15 is 4.39 Å². The molecule has 224 valence electrons. The summed E-state index contributed by atoms with van der Waals surface area (Å²) in [5.74, 6) is -2.98. The predicted octanol–water partition coefficient (Wildman–Crippen LogP) is 4.86. The molecule has 0 spiro atoms. The molecule has 5 rings (SSSR count). The number of methoxy groups -OCH3 is 2. The van der Waals surface area contributed by atoms with Gasteiger partial charge in [0.05, 0.1) is 25.4 Å².